The first-order valence-corrected chi connectivity index (χ1v) is 7.75. The smallest absolute Gasteiger partial charge is 0.221 e. The molecule has 0 aliphatic rings. The van der Waals surface area contributed by atoms with Gasteiger partial charge in [0.1, 0.15) is 0 Å². The lowest BCUT2D eigenvalue weighted by molar-refractivity contribution is -0.121. The second-order valence-electron chi connectivity index (χ2n) is 5.26. The van der Waals surface area contributed by atoms with Crippen LogP contribution in [-0.2, 0) is 16.0 Å². The Morgan fingerprint density at radius 1 is 1.24 bits per heavy atom. The highest BCUT2D eigenvalue weighted by molar-refractivity contribution is 5.76. The van der Waals surface area contributed by atoms with Gasteiger partial charge in [0.25, 0.3) is 0 Å². The summed E-state index contributed by atoms with van der Waals surface area (Å²) in [6.07, 6.45) is 2.79. The van der Waals surface area contributed by atoms with Gasteiger partial charge in [0, 0.05) is 32.7 Å². The molecule has 0 bridgehead atoms. The second kappa shape index (κ2) is 10.4. The van der Waals surface area contributed by atoms with Gasteiger partial charge in [-0.05, 0) is 24.5 Å². The molecule has 1 unspecified atom stereocenters. The van der Waals surface area contributed by atoms with Crippen molar-refractivity contribution in [3.63, 3.8) is 0 Å². The Morgan fingerprint density at radius 2 is 1.95 bits per heavy atom. The van der Waals surface area contributed by atoms with Crippen LogP contribution in [0.15, 0.2) is 24.3 Å². The number of hydrogen-bond donors (Lipinski definition) is 2. The number of benzene rings is 1. The molecule has 4 nitrogen and oxygen atoms in total. The molecule has 0 aliphatic carbocycles. The minimum atomic E-state index is 0.0602. The van der Waals surface area contributed by atoms with Crippen molar-refractivity contribution in [3.8, 4) is 0 Å². The number of aryl methyl sites for hydroxylation is 1. The summed E-state index contributed by atoms with van der Waals surface area (Å²) < 4.78 is 4.89. The number of amides is 1. The molecule has 1 atom stereocenters. The molecule has 0 aromatic heterocycles. The van der Waals surface area contributed by atoms with Crippen molar-refractivity contribution in [2.24, 2.45) is 0 Å². The molecule has 0 saturated carbocycles. The fraction of sp³-hybridized carbons (Fsp3) is 0.588. The average molecular weight is 292 g/mol. The standard InChI is InChI=1S/C17H28N2O2/c1-4-5-15-6-8-16(9-7-15)14(2)18-11-10-17(20)19-12-13-21-3/h6-9,14,18H,4-5,10-13H2,1-3H3,(H,19,20). The Morgan fingerprint density at radius 3 is 2.57 bits per heavy atom. The zero-order chi connectivity index (χ0) is 15.5. The van der Waals surface area contributed by atoms with E-state index in [1.165, 1.54) is 17.5 Å². The van der Waals surface area contributed by atoms with Crippen molar-refractivity contribution in [2.75, 3.05) is 26.8 Å². The largest absolute Gasteiger partial charge is 0.383 e. The van der Waals surface area contributed by atoms with Gasteiger partial charge in [-0.1, -0.05) is 37.6 Å². The van der Waals surface area contributed by atoms with Gasteiger partial charge >= 0.3 is 0 Å². The number of hydrogen-bond acceptors (Lipinski definition) is 3. The van der Waals surface area contributed by atoms with E-state index < -0.39 is 0 Å². The third kappa shape index (κ3) is 7.25. The normalized spacial score (nSPS) is 12.1. The first kappa shape index (κ1) is 17.7. The van der Waals surface area contributed by atoms with Gasteiger partial charge in [0.05, 0.1) is 6.61 Å². The highest BCUT2D eigenvalue weighted by atomic mass is 16.5. The number of methoxy groups -OCH3 is 1. The summed E-state index contributed by atoms with van der Waals surface area (Å²) in [5.41, 5.74) is 2.64. The van der Waals surface area contributed by atoms with Crippen LogP contribution >= 0.6 is 0 Å². The van der Waals surface area contributed by atoms with E-state index in [0.29, 0.717) is 26.1 Å². The topological polar surface area (TPSA) is 50.4 Å². The van der Waals surface area contributed by atoms with Crippen LogP contribution in [0.4, 0.5) is 0 Å². The lowest BCUT2D eigenvalue weighted by Gasteiger charge is -2.14. The lowest BCUT2D eigenvalue weighted by atomic mass is 10.0. The number of ether oxygens (including phenoxy) is 1. The van der Waals surface area contributed by atoms with Gasteiger partial charge in [0.2, 0.25) is 5.91 Å². The first-order valence-electron chi connectivity index (χ1n) is 7.75. The Hall–Kier alpha value is -1.39. The predicted molar refractivity (Wildman–Crippen MR) is 86.4 cm³/mol. The van der Waals surface area contributed by atoms with E-state index in [4.69, 9.17) is 4.74 Å². The fourth-order valence-electron chi connectivity index (χ4n) is 2.16. The van der Waals surface area contributed by atoms with E-state index in [0.717, 1.165) is 6.42 Å². The van der Waals surface area contributed by atoms with Gasteiger partial charge in [-0.2, -0.15) is 0 Å². The molecule has 1 amide bonds. The third-order valence-electron chi connectivity index (χ3n) is 3.45. The monoisotopic (exact) mass is 292 g/mol. The summed E-state index contributed by atoms with van der Waals surface area (Å²) in [5.74, 6) is 0.0602. The maximum Gasteiger partial charge on any atom is 0.221 e. The number of carbonyl (C=O) groups excluding carboxylic acids is 1. The Balaban J connectivity index is 2.26. The predicted octanol–water partition coefficient (Wildman–Crippen LogP) is 2.44. The van der Waals surface area contributed by atoms with Crippen molar-refractivity contribution in [2.45, 2.75) is 39.2 Å². The maximum absolute atomic E-state index is 11.5. The first-order chi connectivity index (χ1) is 10.2. The van der Waals surface area contributed by atoms with Gasteiger partial charge in [-0.3, -0.25) is 4.79 Å². The summed E-state index contributed by atoms with van der Waals surface area (Å²) >= 11 is 0. The number of carbonyl (C=O) groups is 1. The molecular formula is C17H28N2O2. The van der Waals surface area contributed by atoms with Crippen molar-refractivity contribution in [1.82, 2.24) is 10.6 Å². The summed E-state index contributed by atoms with van der Waals surface area (Å²) in [7, 11) is 1.63. The van der Waals surface area contributed by atoms with Crippen LogP contribution < -0.4 is 10.6 Å². The fourth-order valence-corrected chi connectivity index (χ4v) is 2.16. The maximum atomic E-state index is 11.5. The van der Waals surface area contributed by atoms with Gasteiger partial charge in [-0.25, -0.2) is 0 Å². The van der Waals surface area contributed by atoms with E-state index in [1.54, 1.807) is 7.11 Å². The zero-order valence-electron chi connectivity index (χ0n) is 13.4. The molecule has 1 aromatic rings. The molecule has 4 heteroatoms. The number of nitrogens with one attached hydrogen (secondary N) is 2. The number of rotatable bonds is 10. The van der Waals surface area contributed by atoms with Crippen LogP contribution in [0.3, 0.4) is 0 Å². The quantitative estimate of drug-likeness (QED) is 0.651. The third-order valence-corrected chi connectivity index (χ3v) is 3.45. The average Bonchev–Trinajstić information content (AvgIpc) is 2.48. The molecule has 0 heterocycles. The highest BCUT2D eigenvalue weighted by Crippen LogP contribution is 2.14. The SMILES string of the molecule is CCCc1ccc(C(C)NCCC(=O)NCCOC)cc1. The van der Waals surface area contributed by atoms with Crippen molar-refractivity contribution in [1.29, 1.82) is 0 Å². The molecule has 0 fully saturated rings. The molecule has 1 aromatic carbocycles. The molecular weight excluding hydrogens is 264 g/mol. The molecule has 0 saturated heterocycles. The van der Waals surface area contributed by atoms with E-state index in [9.17, 15) is 4.79 Å². The zero-order valence-corrected chi connectivity index (χ0v) is 13.4. The van der Waals surface area contributed by atoms with Crippen LogP contribution in [-0.4, -0.2) is 32.7 Å². The molecule has 118 valence electrons. The van der Waals surface area contributed by atoms with E-state index in [1.807, 2.05) is 0 Å². The van der Waals surface area contributed by atoms with Gasteiger partial charge < -0.3 is 15.4 Å². The van der Waals surface area contributed by atoms with Gasteiger partial charge in [0.15, 0.2) is 0 Å². The second-order valence-corrected chi connectivity index (χ2v) is 5.26. The van der Waals surface area contributed by atoms with Gasteiger partial charge in [-0.15, -0.1) is 0 Å². The summed E-state index contributed by atoms with van der Waals surface area (Å²) in [6.45, 7) is 6.12. The minimum Gasteiger partial charge on any atom is -0.383 e. The van der Waals surface area contributed by atoms with Crippen LogP contribution in [0.25, 0.3) is 0 Å². The Labute approximate surface area is 128 Å². The summed E-state index contributed by atoms with van der Waals surface area (Å²) in [4.78, 5) is 11.5. The van der Waals surface area contributed by atoms with E-state index in [-0.39, 0.29) is 11.9 Å². The summed E-state index contributed by atoms with van der Waals surface area (Å²) in [5, 5.41) is 6.19. The van der Waals surface area contributed by atoms with Crippen LogP contribution in [0, 0.1) is 0 Å². The van der Waals surface area contributed by atoms with E-state index >= 15 is 0 Å². The molecule has 21 heavy (non-hydrogen) atoms. The van der Waals surface area contributed by atoms with Crippen LogP contribution in [0.2, 0.25) is 0 Å². The minimum absolute atomic E-state index is 0.0602. The molecule has 0 aliphatic heterocycles. The van der Waals surface area contributed by atoms with Crippen LogP contribution in [0.5, 0.6) is 0 Å². The molecule has 0 radical (unpaired) electrons. The van der Waals surface area contributed by atoms with Crippen molar-refractivity contribution in [3.05, 3.63) is 35.4 Å². The van der Waals surface area contributed by atoms with Crippen LogP contribution in [0.1, 0.15) is 43.9 Å². The molecule has 1 rings (SSSR count). The Kier molecular flexibility index (Phi) is 8.71. The van der Waals surface area contributed by atoms with Crippen molar-refractivity contribution < 1.29 is 9.53 Å². The highest BCUT2D eigenvalue weighted by Gasteiger charge is 2.06. The molecule has 2 N–H and O–H groups in total. The van der Waals surface area contributed by atoms with E-state index in [2.05, 4.69) is 48.7 Å². The Bertz CT molecular complexity index is 404. The lowest BCUT2D eigenvalue weighted by Crippen LogP contribution is -2.30. The summed E-state index contributed by atoms with van der Waals surface area (Å²) in [6, 6.07) is 8.97. The molecule has 0 spiro atoms. The van der Waals surface area contributed by atoms with Crippen molar-refractivity contribution >= 4 is 5.91 Å².